The summed E-state index contributed by atoms with van der Waals surface area (Å²) in [6.07, 6.45) is 1.62. The molecule has 3 rings (SSSR count). The summed E-state index contributed by atoms with van der Waals surface area (Å²) >= 11 is 0. The summed E-state index contributed by atoms with van der Waals surface area (Å²) in [5.41, 5.74) is 2.08. The molecule has 6 heteroatoms. The molecule has 0 saturated carbocycles. The third kappa shape index (κ3) is 5.54. The van der Waals surface area contributed by atoms with Crippen LogP contribution in [0.4, 0.5) is 11.6 Å². The summed E-state index contributed by atoms with van der Waals surface area (Å²) < 4.78 is 5.77. The van der Waals surface area contributed by atoms with Crippen molar-refractivity contribution in [3.63, 3.8) is 0 Å². The molecule has 1 N–H and O–H groups in total. The van der Waals surface area contributed by atoms with Crippen molar-refractivity contribution in [3.05, 3.63) is 78.1 Å². The van der Waals surface area contributed by atoms with Crippen LogP contribution in [0.2, 0.25) is 0 Å². The highest BCUT2D eigenvalue weighted by Gasteiger charge is 2.15. The zero-order valence-corrected chi connectivity index (χ0v) is 17.0. The van der Waals surface area contributed by atoms with Crippen LogP contribution in [0.3, 0.4) is 0 Å². The Balaban J connectivity index is 1.77. The van der Waals surface area contributed by atoms with E-state index >= 15 is 0 Å². The van der Waals surface area contributed by atoms with E-state index in [9.17, 15) is 4.79 Å². The summed E-state index contributed by atoms with van der Waals surface area (Å²) in [7, 11) is 0. The second-order valence-corrected chi connectivity index (χ2v) is 6.86. The fourth-order valence-electron chi connectivity index (χ4n) is 2.87. The zero-order valence-electron chi connectivity index (χ0n) is 17.0. The molecule has 1 aromatic heterocycles. The van der Waals surface area contributed by atoms with Crippen molar-refractivity contribution in [2.75, 3.05) is 16.8 Å². The first kappa shape index (κ1) is 20.3. The molecule has 150 valence electrons. The molecule has 0 spiro atoms. The number of hydrogen-bond donors (Lipinski definition) is 1. The molecule has 6 nitrogen and oxygen atoms in total. The molecule has 1 amide bonds. The molecule has 0 aliphatic heterocycles. The molecule has 29 heavy (non-hydrogen) atoms. The maximum atomic E-state index is 12.8. The highest BCUT2D eigenvalue weighted by Crippen LogP contribution is 2.25. The first-order chi connectivity index (χ1) is 14.1. The van der Waals surface area contributed by atoms with E-state index in [0.29, 0.717) is 29.6 Å². The van der Waals surface area contributed by atoms with Crippen LogP contribution in [0.25, 0.3) is 0 Å². The molecule has 0 radical (unpaired) electrons. The number of hydrogen-bond acceptors (Lipinski definition) is 5. The first-order valence-electron chi connectivity index (χ1n) is 9.75. The maximum absolute atomic E-state index is 12.8. The van der Waals surface area contributed by atoms with Crippen LogP contribution < -0.4 is 15.0 Å². The van der Waals surface area contributed by atoms with Crippen molar-refractivity contribution < 1.29 is 9.53 Å². The predicted molar refractivity (Wildman–Crippen MR) is 115 cm³/mol. The van der Waals surface area contributed by atoms with Crippen LogP contribution in [0.5, 0.6) is 5.75 Å². The number of anilines is 2. The normalized spacial score (nSPS) is 10.6. The van der Waals surface area contributed by atoms with E-state index in [0.717, 1.165) is 12.1 Å². The van der Waals surface area contributed by atoms with Gasteiger partial charge in [0.05, 0.1) is 11.8 Å². The van der Waals surface area contributed by atoms with Crippen LogP contribution >= 0.6 is 0 Å². The molecular weight excluding hydrogens is 364 g/mol. The van der Waals surface area contributed by atoms with Gasteiger partial charge in [0, 0.05) is 19.3 Å². The van der Waals surface area contributed by atoms with E-state index in [4.69, 9.17) is 4.74 Å². The van der Waals surface area contributed by atoms with E-state index in [2.05, 4.69) is 27.4 Å². The summed E-state index contributed by atoms with van der Waals surface area (Å²) in [4.78, 5) is 23.7. The number of aromatic nitrogens is 2. The number of carbonyl (C=O) groups excluding carboxylic acids is 1. The van der Waals surface area contributed by atoms with Gasteiger partial charge in [-0.15, -0.1) is 0 Å². The number of ether oxygens (including phenoxy) is 1. The van der Waals surface area contributed by atoms with Crippen molar-refractivity contribution in [2.45, 2.75) is 33.4 Å². The molecule has 0 saturated heterocycles. The average molecular weight is 390 g/mol. The summed E-state index contributed by atoms with van der Waals surface area (Å²) in [6.45, 7) is 7.33. The number of para-hydroxylation sites is 2. The highest BCUT2D eigenvalue weighted by atomic mass is 16.5. The van der Waals surface area contributed by atoms with Gasteiger partial charge in [-0.3, -0.25) is 4.79 Å². The topological polar surface area (TPSA) is 67.4 Å². The quantitative estimate of drug-likeness (QED) is 0.611. The van der Waals surface area contributed by atoms with Crippen LogP contribution in [-0.2, 0) is 6.54 Å². The van der Waals surface area contributed by atoms with Gasteiger partial charge in [-0.25, -0.2) is 9.97 Å². The number of amides is 1. The van der Waals surface area contributed by atoms with Crippen LogP contribution in [-0.4, -0.2) is 28.5 Å². The van der Waals surface area contributed by atoms with Crippen molar-refractivity contribution in [3.8, 4) is 5.75 Å². The largest absolute Gasteiger partial charge is 0.489 e. The van der Waals surface area contributed by atoms with Crippen LogP contribution in [0.1, 0.15) is 36.8 Å². The second kappa shape index (κ2) is 9.68. The Bertz CT molecular complexity index is 944. The predicted octanol–water partition coefficient (Wildman–Crippen LogP) is 4.54. The molecule has 1 heterocycles. The maximum Gasteiger partial charge on any atom is 0.274 e. The number of rotatable bonds is 8. The number of nitrogens with zero attached hydrogens (tertiary/aromatic N) is 3. The number of nitrogens with one attached hydrogen (secondary N) is 1. The zero-order chi connectivity index (χ0) is 20.6. The lowest BCUT2D eigenvalue weighted by atomic mass is 10.2. The van der Waals surface area contributed by atoms with Crippen LogP contribution in [0, 0.1) is 0 Å². The lowest BCUT2D eigenvalue weighted by Gasteiger charge is -2.21. The molecule has 0 unspecified atom stereocenters. The molecule has 2 aromatic carbocycles. The summed E-state index contributed by atoms with van der Waals surface area (Å²) in [5, 5.41) is 2.89. The standard InChI is InChI=1S/C23H26N4O2/c1-4-27(16-18-10-6-5-7-11-18)23-24-15-14-20(26-23)22(28)25-19-12-8-9-13-21(19)29-17(2)3/h5-15,17H,4,16H2,1-3H3,(H,25,28). The lowest BCUT2D eigenvalue weighted by molar-refractivity contribution is 0.102. The fourth-order valence-corrected chi connectivity index (χ4v) is 2.87. The Morgan fingerprint density at radius 2 is 1.79 bits per heavy atom. The van der Waals surface area contributed by atoms with Gasteiger partial charge in [0.15, 0.2) is 0 Å². The highest BCUT2D eigenvalue weighted by molar-refractivity contribution is 6.03. The van der Waals surface area contributed by atoms with Gasteiger partial charge in [-0.2, -0.15) is 0 Å². The van der Waals surface area contributed by atoms with E-state index in [1.165, 1.54) is 0 Å². The van der Waals surface area contributed by atoms with E-state index < -0.39 is 0 Å². The van der Waals surface area contributed by atoms with Gasteiger partial charge < -0.3 is 15.0 Å². The Hall–Kier alpha value is -3.41. The van der Waals surface area contributed by atoms with Crippen molar-refractivity contribution in [1.29, 1.82) is 0 Å². The fraction of sp³-hybridized carbons (Fsp3) is 0.261. The van der Waals surface area contributed by atoms with Gasteiger partial charge >= 0.3 is 0 Å². The van der Waals surface area contributed by atoms with E-state index in [-0.39, 0.29) is 12.0 Å². The molecule has 3 aromatic rings. The number of benzene rings is 2. The van der Waals surface area contributed by atoms with E-state index in [1.807, 2.05) is 68.1 Å². The summed E-state index contributed by atoms with van der Waals surface area (Å²) in [6, 6.07) is 19.1. The summed E-state index contributed by atoms with van der Waals surface area (Å²) in [5.74, 6) is 0.851. The van der Waals surface area contributed by atoms with Gasteiger partial charge in [-0.05, 0) is 44.5 Å². The SMILES string of the molecule is CCN(Cc1ccccc1)c1nccc(C(=O)Nc2ccccc2OC(C)C)n1. The molecule has 0 atom stereocenters. The lowest BCUT2D eigenvalue weighted by Crippen LogP contribution is -2.25. The van der Waals surface area contributed by atoms with Gasteiger partial charge in [0.2, 0.25) is 5.95 Å². The third-order valence-electron chi connectivity index (χ3n) is 4.25. The van der Waals surface area contributed by atoms with Crippen molar-refractivity contribution in [2.24, 2.45) is 0 Å². The Morgan fingerprint density at radius 1 is 1.07 bits per heavy atom. The van der Waals surface area contributed by atoms with Gasteiger partial charge in [-0.1, -0.05) is 42.5 Å². The second-order valence-electron chi connectivity index (χ2n) is 6.86. The third-order valence-corrected chi connectivity index (χ3v) is 4.25. The van der Waals surface area contributed by atoms with Gasteiger partial charge in [0.1, 0.15) is 11.4 Å². The first-order valence-corrected chi connectivity index (χ1v) is 9.75. The Kier molecular flexibility index (Phi) is 6.79. The molecular formula is C23H26N4O2. The minimum absolute atomic E-state index is 0.00908. The van der Waals surface area contributed by atoms with Gasteiger partial charge in [0.25, 0.3) is 5.91 Å². The molecule has 0 bridgehead atoms. The molecule has 0 fully saturated rings. The number of carbonyl (C=O) groups is 1. The van der Waals surface area contributed by atoms with E-state index in [1.54, 1.807) is 12.3 Å². The minimum Gasteiger partial charge on any atom is -0.489 e. The van der Waals surface area contributed by atoms with Crippen molar-refractivity contribution in [1.82, 2.24) is 9.97 Å². The smallest absolute Gasteiger partial charge is 0.274 e. The Morgan fingerprint density at radius 3 is 2.52 bits per heavy atom. The monoisotopic (exact) mass is 390 g/mol. The Labute approximate surface area is 171 Å². The molecule has 0 aliphatic rings. The molecule has 0 aliphatic carbocycles. The van der Waals surface area contributed by atoms with Crippen molar-refractivity contribution >= 4 is 17.5 Å². The van der Waals surface area contributed by atoms with Crippen LogP contribution in [0.15, 0.2) is 66.9 Å². The average Bonchev–Trinajstić information content (AvgIpc) is 2.74. The minimum atomic E-state index is -0.302.